The van der Waals surface area contributed by atoms with E-state index < -0.39 is 32.3 Å². The Morgan fingerprint density at radius 2 is 1.55 bits per heavy atom. The zero-order valence-corrected chi connectivity index (χ0v) is 19.5. The van der Waals surface area contributed by atoms with Crippen molar-refractivity contribution in [1.29, 1.82) is 0 Å². The van der Waals surface area contributed by atoms with Crippen molar-refractivity contribution in [2.45, 2.75) is 32.2 Å². The molecule has 0 N–H and O–H groups in total. The maximum atomic E-state index is 14.2. The highest BCUT2D eigenvalue weighted by atomic mass is 32.2. The highest BCUT2D eigenvalue weighted by Gasteiger charge is 2.69. The smallest absolute Gasteiger partial charge is 0.274 e. The fraction of sp³-hybridized carbons (Fsp3) is 0.231. The van der Waals surface area contributed by atoms with Gasteiger partial charge in [0.2, 0.25) is 5.91 Å². The van der Waals surface area contributed by atoms with Gasteiger partial charge in [0.1, 0.15) is 5.75 Å². The SMILES string of the molecule is Cc1ccc(N2C(=O)CS(=O)(=O)[C@@]23C(=O)N(Cc2ccccc2C)c2ccccc23)cc1C. The number of hydrogen-bond donors (Lipinski definition) is 0. The average molecular weight is 461 g/mol. The van der Waals surface area contributed by atoms with E-state index in [9.17, 15) is 18.0 Å². The number of rotatable bonds is 3. The van der Waals surface area contributed by atoms with E-state index in [1.165, 1.54) is 9.80 Å². The Balaban J connectivity index is 1.75. The van der Waals surface area contributed by atoms with Crippen molar-refractivity contribution in [2.24, 2.45) is 0 Å². The van der Waals surface area contributed by atoms with Gasteiger partial charge in [-0.25, -0.2) is 8.42 Å². The Bertz CT molecular complexity index is 1430. The molecule has 0 saturated carbocycles. The van der Waals surface area contributed by atoms with E-state index in [0.29, 0.717) is 16.9 Å². The molecule has 2 aliphatic heterocycles. The van der Waals surface area contributed by atoms with Crippen LogP contribution in [0.2, 0.25) is 0 Å². The lowest BCUT2D eigenvalue weighted by atomic mass is 10.0. The molecule has 0 aromatic heterocycles. The average Bonchev–Trinajstić information content (AvgIpc) is 3.14. The molecule has 1 saturated heterocycles. The summed E-state index contributed by atoms with van der Waals surface area (Å²) in [6, 6.07) is 19.9. The highest BCUT2D eigenvalue weighted by Crippen LogP contribution is 2.52. The standard InChI is InChI=1S/C26H24N2O4S/c1-17-12-13-21(14-19(17)3)28-24(29)16-33(31,32)26(28)22-10-6-7-11-23(22)27(25(26)30)15-20-9-5-4-8-18(20)2/h4-14H,15-16H2,1-3H3/t26-/m0/s1. The number of hydrogen-bond acceptors (Lipinski definition) is 4. The molecule has 168 valence electrons. The second-order valence-electron chi connectivity index (χ2n) is 8.74. The summed E-state index contributed by atoms with van der Waals surface area (Å²) in [5.41, 5.74) is 5.09. The van der Waals surface area contributed by atoms with Gasteiger partial charge in [-0.15, -0.1) is 0 Å². The number of carbonyl (C=O) groups excluding carboxylic acids is 2. The molecule has 1 fully saturated rings. The van der Waals surface area contributed by atoms with Crippen LogP contribution in [-0.2, 0) is 30.8 Å². The van der Waals surface area contributed by atoms with E-state index in [2.05, 4.69) is 0 Å². The summed E-state index contributed by atoms with van der Waals surface area (Å²) in [7, 11) is -4.17. The Kier molecular flexibility index (Phi) is 4.72. The maximum absolute atomic E-state index is 14.2. The molecule has 0 unspecified atom stereocenters. The second-order valence-corrected chi connectivity index (χ2v) is 10.8. The zero-order valence-electron chi connectivity index (χ0n) is 18.7. The van der Waals surface area contributed by atoms with Gasteiger partial charge in [-0.3, -0.25) is 14.5 Å². The molecule has 6 nitrogen and oxygen atoms in total. The fourth-order valence-corrected chi connectivity index (χ4v) is 6.90. The van der Waals surface area contributed by atoms with Crippen molar-refractivity contribution >= 4 is 33.0 Å². The monoisotopic (exact) mass is 460 g/mol. The lowest BCUT2D eigenvalue weighted by Crippen LogP contribution is -2.54. The van der Waals surface area contributed by atoms with Crippen LogP contribution in [0.3, 0.4) is 0 Å². The van der Waals surface area contributed by atoms with Gasteiger partial charge in [0.25, 0.3) is 10.8 Å². The first kappa shape index (κ1) is 21.4. The molecule has 7 heteroatoms. The third-order valence-electron chi connectivity index (χ3n) is 6.76. The van der Waals surface area contributed by atoms with Crippen LogP contribution < -0.4 is 9.80 Å². The van der Waals surface area contributed by atoms with Crippen LogP contribution in [0.25, 0.3) is 0 Å². The molecular formula is C26H24N2O4S. The van der Waals surface area contributed by atoms with E-state index in [4.69, 9.17) is 0 Å². The zero-order chi connectivity index (χ0) is 23.5. The number of fused-ring (bicyclic) bond motifs is 2. The predicted molar refractivity (Wildman–Crippen MR) is 128 cm³/mol. The number of anilines is 2. The first-order chi connectivity index (χ1) is 15.7. The molecule has 3 aromatic rings. The number of amides is 2. The molecular weight excluding hydrogens is 436 g/mol. The van der Waals surface area contributed by atoms with Crippen molar-refractivity contribution in [3.8, 4) is 0 Å². The molecule has 3 aromatic carbocycles. The van der Waals surface area contributed by atoms with Crippen molar-refractivity contribution in [3.63, 3.8) is 0 Å². The van der Waals surface area contributed by atoms with Crippen LogP contribution in [0.15, 0.2) is 66.7 Å². The van der Waals surface area contributed by atoms with E-state index in [1.807, 2.05) is 51.1 Å². The summed E-state index contributed by atoms with van der Waals surface area (Å²) < 4.78 is 27.3. The lowest BCUT2D eigenvalue weighted by Gasteiger charge is -2.33. The molecule has 2 amide bonds. The van der Waals surface area contributed by atoms with Crippen LogP contribution in [0.1, 0.15) is 27.8 Å². The molecule has 1 atom stereocenters. The molecule has 5 rings (SSSR count). The van der Waals surface area contributed by atoms with Gasteiger partial charge in [0.15, 0.2) is 9.84 Å². The number of sulfone groups is 1. The van der Waals surface area contributed by atoms with E-state index in [-0.39, 0.29) is 6.54 Å². The van der Waals surface area contributed by atoms with Crippen molar-refractivity contribution < 1.29 is 18.0 Å². The first-order valence-electron chi connectivity index (χ1n) is 10.8. The summed E-state index contributed by atoms with van der Waals surface area (Å²) in [6.07, 6.45) is 0. The molecule has 0 radical (unpaired) electrons. The molecule has 2 heterocycles. The largest absolute Gasteiger partial charge is 0.304 e. The normalized spacial score (nSPS) is 21.2. The highest BCUT2D eigenvalue weighted by molar-refractivity contribution is 7.94. The van der Waals surface area contributed by atoms with Gasteiger partial charge < -0.3 is 4.90 Å². The first-order valence-corrected chi connectivity index (χ1v) is 12.4. The summed E-state index contributed by atoms with van der Waals surface area (Å²) in [5.74, 6) is -1.92. The Hall–Kier alpha value is -3.45. The van der Waals surface area contributed by atoms with Crippen LogP contribution in [0.5, 0.6) is 0 Å². The van der Waals surface area contributed by atoms with Crippen LogP contribution in [0, 0.1) is 20.8 Å². The predicted octanol–water partition coefficient (Wildman–Crippen LogP) is 3.77. The lowest BCUT2D eigenvalue weighted by molar-refractivity contribution is -0.123. The molecule has 0 bridgehead atoms. The fourth-order valence-electron chi connectivity index (χ4n) is 4.87. The summed E-state index contributed by atoms with van der Waals surface area (Å²) in [5, 5.41) is 0. The minimum absolute atomic E-state index is 0.217. The third kappa shape index (κ3) is 2.88. The van der Waals surface area contributed by atoms with Crippen molar-refractivity contribution in [2.75, 3.05) is 15.6 Å². The summed E-state index contributed by atoms with van der Waals surface area (Å²) >= 11 is 0. The quantitative estimate of drug-likeness (QED) is 0.596. The maximum Gasteiger partial charge on any atom is 0.274 e. The number of benzene rings is 3. The Morgan fingerprint density at radius 3 is 2.27 bits per heavy atom. The van der Waals surface area contributed by atoms with Gasteiger partial charge in [-0.2, -0.15) is 0 Å². The van der Waals surface area contributed by atoms with E-state index in [1.54, 1.807) is 36.4 Å². The van der Waals surface area contributed by atoms with Gasteiger partial charge in [0.05, 0.1) is 12.2 Å². The van der Waals surface area contributed by atoms with Crippen LogP contribution >= 0.6 is 0 Å². The molecule has 1 spiro atoms. The number of carbonyl (C=O) groups is 2. The number of para-hydroxylation sites is 1. The molecule has 0 aliphatic carbocycles. The topological polar surface area (TPSA) is 74.8 Å². The van der Waals surface area contributed by atoms with E-state index >= 15 is 0 Å². The Labute approximate surface area is 193 Å². The number of nitrogens with zero attached hydrogens (tertiary/aromatic N) is 2. The Morgan fingerprint density at radius 1 is 0.848 bits per heavy atom. The van der Waals surface area contributed by atoms with Gasteiger partial charge >= 0.3 is 0 Å². The van der Waals surface area contributed by atoms with E-state index in [0.717, 1.165) is 22.3 Å². The van der Waals surface area contributed by atoms with Gasteiger partial charge in [-0.1, -0.05) is 48.5 Å². The minimum Gasteiger partial charge on any atom is -0.304 e. The van der Waals surface area contributed by atoms with Gasteiger partial charge in [0, 0.05) is 11.3 Å². The summed E-state index contributed by atoms with van der Waals surface area (Å²) in [4.78, 5) is 27.9. The number of aryl methyl sites for hydroxylation is 3. The van der Waals surface area contributed by atoms with Crippen LogP contribution in [0.4, 0.5) is 11.4 Å². The van der Waals surface area contributed by atoms with Crippen LogP contribution in [-0.4, -0.2) is 26.0 Å². The second kappa shape index (κ2) is 7.28. The van der Waals surface area contributed by atoms with Crippen molar-refractivity contribution in [3.05, 3.63) is 94.5 Å². The minimum atomic E-state index is -4.17. The molecule has 2 aliphatic rings. The summed E-state index contributed by atoms with van der Waals surface area (Å²) in [6.45, 7) is 6.01. The third-order valence-corrected chi connectivity index (χ3v) is 8.87. The van der Waals surface area contributed by atoms with Gasteiger partial charge in [-0.05, 0) is 61.2 Å². The molecule has 33 heavy (non-hydrogen) atoms. The van der Waals surface area contributed by atoms with Crippen molar-refractivity contribution in [1.82, 2.24) is 0 Å².